The van der Waals surface area contributed by atoms with Crippen LogP contribution in [0.5, 0.6) is 0 Å². The van der Waals surface area contributed by atoms with Crippen LogP contribution in [0.25, 0.3) is 0 Å². The summed E-state index contributed by atoms with van der Waals surface area (Å²) in [6, 6.07) is 0. The molecular weight excluding hydrogens is 381 g/mol. The molecule has 6 heteroatoms. The number of nitrogens with zero attached hydrogens (tertiary/aromatic N) is 2. The first-order valence-corrected chi connectivity index (χ1v) is 8.06. The highest BCUT2D eigenvalue weighted by Crippen LogP contribution is 2.12. The monoisotopic (exact) mass is 411 g/mol. The lowest BCUT2D eigenvalue weighted by Crippen LogP contribution is -2.38. The molecule has 0 radical (unpaired) electrons. The lowest BCUT2D eigenvalue weighted by molar-refractivity contribution is 0.0893. The van der Waals surface area contributed by atoms with Crippen molar-refractivity contribution >= 4 is 29.9 Å². The number of ether oxygens (including phenoxy) is 2. The van der Waals surface area contributed by atoms with E-state index in [-0.39, 0.29) is 24.0 Å². The van der Waals surface area contributed by atoms with Crippen molar-refractivity contribution in [3.63, 3.8) is 0 Å². The summed E-state index contributed by atoms with van der Waals surface area (Å²) in [5.41, 5.74) is 6.05. The van der Waals surface area contributed by atoms with Gasteiger partial charge >= 0.3 is 0 Å². The third kappa shape index (κ3) is 7.65. The normalized spacial score (nSPS) is 23.7. The van der Waals surface area contributed by atoms with E-state index in [4.69, 9.17) is 15.2 Å². The third-order valence-corrected chi connectivity index (χ3v) is 4.03. The highest BCUT2D eigenvalue weighted by atomic mass is 127. The molecule has 0 aliphatic carbocycles. The molecule has 124 valence electrons. The number of hydrogen-bond acceptors (Lipinski definition) is 3. The van der Waals surface area contributed by atoms with E-state index in [2.05, 4.69) is 9.89 Å². The zero-order chi connectivity index (χ0) is 14.0. The largest absolute Gasteiger partial charge is 0.381 e. The molecule has 0 aromatic heterocycles. The topological polar surface area (TPSA) is 60.1 Å². The summed E-state index contributed by atoms with van der Waals surface area (Å²) in [5, 5.41) is 0. The first-order chi connectivity index (χ1) is 9.86. The van der Waals surface area contributed by atoms with Crippen LogP contribution in [0.1, 0.15) is 38.5 Å². The summed E-state index contributed by atoms with van der Waals surface area (Å²) in [4.78, 5) is 6.70. The van der Waals surface area contributed by atoms with E-state index in [1.165, 1.54) is 25.7 Å². The van der Waals surface area contributed by atoms with Gasteiger partial charge in [0.15, 0.2) is 5.96 Å². The van der Waals surface area contributed by atoms with Gasteiger partial charge in [0.1, 0.15) is 0 Å². The van der Waals surface area contributed by atoms with Gasteiger partial charge in [0.2, 0.25) is 0 Å². The Morgan fingerprint density at radius 3 is 2.67 bits per heavy atom. The van der Waals surface area contributed by atoms with Gasteiger partial charge in [0, 0.05) is 38.8 Å². The van der Waals surface area contributed by atoms with Crippen LogP contribution < -0.4 is 5.73 Å². The summed E-state index contributed by atoms with van der Waals surface area (Å²) in [6.07, 6.45) is 7.21. The van der Waals surface area contributed by atoms with Crippen LogP contribution in [0.3, 0.4) is 0 Å². The van der Waals surface area contributed by atoms with Gasteiger partial charge < -0.3 is 20.1 Å². The smallest absolute Gasteiger partial charge is 0.191 e. The Balaban J connectivity index is 0.00000220. The van der Waals surface area contributed by atoms with E-state index in [9.17, 15) is 0 Å². The number of guanidine groups is 1. The fourth-order valence-corrected chi connectivity index (χ4v) is 2.72. The summed E-state index contributed by atoms with van der Waals surface area (Å²) in [5.74, 6) is 1.32. The number of likely N-dealkylation sites (tertiary alicyclic amines) is 1. The van der Waals surface area contributed by atoms with Crippen molar-refractivity contribution in [2.24, 2.45) is 16.6 Å². The van der Waals surface area contributed by atoms with Crippen molar-refractivity contribution in [1.29, 1.82) is 0 Å². The standard InChI is InChI=1S/C15H29N3O2.HI/c16-15(18-8-3-1-2-4-9-18)17-7-5-10-19-12-14-6-11-20-13-14;/h14H,1-13H2,(H2,16,17);1H. The van der Waals surface area contributed by atoms with Crippen molar-refractivity contribution in [2.75, 3.05) is 46.1 Å². The van der Waals surface area contributed by atoms with E-state index >= 15 is 0 Å². The van der Waals surface area contributed by atoms with E-state index in [1.807, 2.05) is 0 Å². The average molecular weight is 411 g/mol. The van der Waals surface area contributed by atoms with Gasteiger partial charge in [-0.25, -0.2) is 0 Å². The Bertz CT molecular complexity index is 289. The third-order valence-electron chi connectivity index (χ3n) is 4.03. The van der Waals surface area contributed by atoms with Gasteiger partial charge in [-0.1, -0.05) is 12.8 Å². The van der Waals surface area contributed by atoms with Crippen LogP contribution in [-0.4, -0.2) is 56.9 Å². The van der Waals surface area contributed by atoms with Crippen molar-refractivity contribution in [2.45, 2.75) is 38.5 Å². The number of aliphatic imine (C=N–C) groups is 1. The van der Waals surface area contributed by atoms with Crippen LogP contribution >= 0.6 is 24.0 Å². The van der Waals surface area contributed by atoms with E-state index in [1.54, 1.807) is 0 Å². The van der Waals surface area contributed by atoms with Crippen LogP contribution in [0, 0.1) is 5.92 Å². The molecule has 2 aliphatic heterocycles. The molecule has 2 fully saturated rings. The number of rotatable bonds is 6. The Morgan fingerprint density at radius 2 is 2.00 bits per heavy atom. The van der Waals surface area contributed by atoms with Gasteiger partial charge in [-0.2, -0.15) is 0 Å². The molecule has 2 heterocycles. The Morgan fingerprint density at radius 1 is 1.24 bits per heavy atom. The molecule has 2 N–H and O–H groups in total. The van der Waals surface area contributed by atoms with Gasteiger partial charge in [-0.05, 0) is 25.7 Å². The van der Waals surface area contributed by atoms with Crippen LogP contribution in [0.15, 0.2) is 4.99 Å². The molecule has 0 aromatic rings. The van der Waals surface area contributed by atoms with E-state index in [0.29, 0.717) is 5.92 Å². The molecule has 0 amide bonds. The molecule has 0 aromatic carbocycles. The summed E-state index contributed by atoms with van der Waals surface area (Å²) in [6.45, 7) is 6.24. The molecule has 1 unspecified atom stereocenters. The number of nitrogens with two attached hydrogens (primary N) is 1. The summed E-state index contributed by atoms with van der Waals surface area (Å²) >= 11 is 0. The van der Waals surface area contributed by atoms with Gasteiger partial charge in [-0.3, -0.25) is 4.99 Å². The average Bonchev–Trinajstić information content (AvgIpc) is 2.82. The molecule has 0 spiro atoms. The van der Waals surface area contributed by atoms with Crippen molar-refractivity contribution < 1.29 is 9.47 Å². The quantitative estimate of drug-likeness (QED) is 0.315. The molecule has 0 saturated carbocycles. The Kier molecular flexibility index (Phi) is 10.4. The highest BCUT2D eigenvalue weighted by Gasteiger charge is 2.15. The maximum Gasteiger partial charge on any atom is 0.191 e. The van der Waals surface area contributed by atoms with Gasteiger partial charge in [-0.15, -0.1) is 24.0 Å². The van der Waals surface area contributed by atoms with Crippen molar-refractivity contribution in [3.8, 4) is 0 Å². The SMILES string of the molecule is I.NC(=NCCCOCC1CCOC1)N1CCCCCC1. The maximum absolute atomic E-state index is 6.05. The molecular formula is C15H30IN3O2. The zero-order valence-corrected chi connectivity index (χ0v) is 15.3. The Hall–Kier alpha value is -0.0800. The number of halogens is 1. The predicted octanol–water partition coefficient (Wildman–Crippen LogP) is 2.24. The van der Waals surface area contributed by atoms with E-state index < -0.39 is 0 Å². The molecule has 1 atom stereocenters. The maximum atomic E-state index is 6.05. The van der Waals surface area contributed by atoms with E-state index in [0.717, 1.165) is 64.9 Å². The van der Waals surface area contributed by atoms with Gasteiger partial charge in [0.25, 0.3) is 0 Å². The second kappa shape index (κ2) is 11.5. The minimum atomic E-state index is 0. The summed E-state index contributed by atoms with van der Waals surface area (Å²) in [7, 11) is 0. The second-order valence-corrected chi connectivity index (χ2v) is 5.80. The molecule has 2 saturated heterocycles. The lowest BCUT2D eigenvalue weighted by atomic mass is 10.1. The molecule has 5 nitrogen and oxygen atoms in total. The lowest BCUT2D eigenvalue weighted by Gasteiger charge is -2.21. The first-order valence-electron chi connectivity index (χ1n) is 8.06. The van der Waals surface area contributed by atoms with Gasteiger partial charge in [0.05, 0.1) is 13.2 Å². The highest BCUT2D eigenvalue weighted by molar-refractivity contribution is 14.0. The molecule has 21 heavy (non-hydrogen) atoms. The van der Waals surface area contributed by atoms with Crippen LogP contribution in [0.2, 0.25) is 0 Å². The molecule has 2 aliphatic rings. The van der Waals surface area contributed by atoms with Crippen molar-refractivity contribution in [3.05, 3.63) is 0 Å². The fraction of sp³-hybridized carbons (Fsp3) is 0.933. The van der Waals surface area contributed by atoms with Crippen molar-refractivity contribution in [1.82, 2.24) is 4.90 Å². The number of hydrogen-bond donors (Lipinski definition) is 1. The fourth-order valence-electron chi connectivity index (χ4n) is 2.72. The molecule has 2 rings (SSSR count). The minimum absolute atomic E-state index is 0. The minimum Gasteiger partial charge on any atom is -0.381 e. The summed E-state index contributed by atoms with van der Waals surface area (Å²) < 4.78 is 11.0. The van der Waals surface area contributed by atoms with Crippen LogP contribution in [0.4, 0.5) is 0 Å². The second-order valence-electron chi connectivity index (χ2n) is 5.80. The Labute approximate surface area is 145 Å². The predicted molar refractivity (Wildman–Crippen MR) is 96.3 cm³/mol. The zero-order valence-electron chi connectivity index (χ0n) is 13.0. The van der Waals surface area contributed by atoms with Crippen LogP contribution in [-0.2, 0) is 9.47 Å². The first kappa shape index (κ1) is 19.0. The molecule has 0 bridgehead atoms.